The highest BCUT2D eigenvalue weighted by Crippen LogP contribution is 2.32. The van der Waals surface area contributed by atoms with Crippen LogP contribution in [0.4, 0.5) is 0 Å². The molecule has 1 amide bonds. The number of carbonyl (C=O) groups is 2. The Balaban J connectivity index is 4.07. The number of carboxylic acid groups (broad SMARTS) is 1. The van der Waals surface area contributed by atoms with E-state index in [4.69, 9.17) is 15.2 Å². The summed E-state index contributed by atoms with van der Waals surface area (Å²) in [7, 11) is -3.27. The van der Waals surface area contributed by atoms with E-state index in [1.54, 1.807) is 0 Å². The third kappa shape index (κ3) is 5.82. The largest absolute Gasteiger partial charge is 0.481 e. The smallest absolute Gasteiger partial charge is 0.315 e. The topological polar surface area (TPSA) is 127 Å². The molecule has 0 aromatic rings. The third-order valence-corrected chi connectivity index (χ3v) is 2.47. The molecule has 1 unspecified atom stereocenters. The summed E-state index contributed by atoms with van der Waals surface area (Å²) in [5.74, 6) is -3.72. The van der Waals surface area contributed by atoms with Crippen LogP contribution >= 0.6 is 7.37 Å². The van der Waals surface area contributed by atoms with Gasteiger partial charge in [-0.1, -0.05) is 0 Å². The summed E-state index contributed by atoms with van der Waals surface area (Å²) in [5.41, 5.74) is 0. The molecule has 0 aliphatic carbocycles. The number of hydroxylamine groups is 2. The van der Waals surface area contributed by atoms with E-state index in [-0.39, 0.29) is 11.3 Å². The molecule has 0 rings (SSSR count). The third-order valence-electron chi connectivity index (χ3n) is 1.66. The molecule has 94 valence electrons. The van der Waals surface area contributed by atoms with Crippen molar-refractivity contribution < 1.29 is 29.4 Å². The number of carboxylic acids is 1. The average molecular weight is 254 g/mol. The van der Waals surface area contributed by atoms with E-state index in [9.17, 15) is 14.2 Å². The molecule has 0 radical (unpaired) electrons. The zero-order chi connectivity index (χ0) is 12.9. The lowest BCUT2D eigenvalue weighted by Gasteiger charge is -2.18. The summed E-state index contributed by atoms with van der Waals surface area (Å²) in [6.45, 7) is 1.84. The van der Waals surface area contributed by atoms with Gasteiger partial charge in [0, 0.05) is 6.66 Å². The number of hydrogen-bond donors (Lipinski definition) is 4. The first-order valence-corrected chi connectivity index (χ1v) is 6.67. The molecule has 0 bridgehead atoms. The number of aliphatic carboxylic acids is 1. The number of amides is 1. The van der Waals surface area contributed by atoms with Crippen molar-refractivity contribution in [1.82, 2.24) is 10.4 Å². The van der Waals surface area contributed by atoms with Crippen LogP contribution < -0.4 is 5.32 Å². The Morgan fingerprint density at radius 2 is 2.00 bits per heavy atom. The quantitative estimate of drug-likeness (QED) is 0.163. The highest BCUT2D eigenvalue weighted by Gasteiger charge is 2.25. The van der Waals surface area contributed by atoms with Crippen LogP contribution in [0.1, 0.15) is 6.92 Å². The van der Waals surface area contributed by atoms with Crippen molar-refractivity contribution in [2.24, 2.45) is 5.92 Å². The molecular formula is C7H15N2O6P. The average Bonchev–Trinajstić information content (AvgIpc) is 2.13. The molecule has 9 heteroatoms. The maximum atomic E-state index is 11.2. The van der Waals surface area contributed by atoms with Gasteiger partial charge in [0.15, 0.2) is 0 Å². The fraction of sp³-hybridized carbons (Fsp3) is 0.714. The van der Waals surface area contributed by atoms with Crippen molar-refractivity contribution in [3.8, 4) is 0 Å². The zero-order valence-corrected chi connectivity index (χ0v) is 9.85. The molecule has 0 heterocycles. The number of hydrogen-bond acceptors (Lipinski definition) is 5. The first-order chi connectivity index (χ1) is 7.15. The second kappa shape index (κ2) is 5.95. The molecule has 4 N–H and O–H groups in total. The van der Waals surface area contributed by atoms with Gasteiger partial charge in [-0.3, -0.25) is 24.7 Å². The fourth-order valence-electron chi connectivity index (χ4n) is 0.770. The van der Waals surface area contributed by atoms with Crippen LogP contribution in [0.25, 0.3) is 0 Å². The Morgan fingerprint density at radius 1 is 1.50 bits per heavy atom. The summed E-state index contributed by atoms with van der Waals surface area (Å²) in [5, 5.41) is 20.1. The number of rotatable bonds is 6. The van der Waals surface area contributed by atoms with Gasteiger partial charge < -0.3 is 10.00 Å². The van der Waals surface area contributed by atoms with Gasteiger partial charge >= 0.3 is 5.97 Å². The molecule has 0 saturated heterocycles. The monoisotopic (exact) mass is 254 g/mol. The predicted octanol–water partition coefficient (Wildman–Crippen LogP) is -0.670. The Bertz CT molecular complexity index is 314. The lowest BCUT2D eigenvalue weighted by atomic mass is 10.2. The second-order valence-corrected chi connectivity index (χ2v) is 5.83. The number of nitrogens with one attached hydrogen (secondary N) is 1. The zero-order valence-electron chi connectivity index (χ0n) is 8.95. The summed E-state index contributed by atoms with van der Waals surface area (Å²) in [6.07, 6.45) is -0.279. The minimum atomic E-state index is -3.27. The van der Waals surface area contributed by atoms with E-state index in [0.29, 0.717) is 0 Å². The normalized spacial score (nSPS) is 16.2. The second-order valence-electron chi connectivity index (χ2n) is 3.41. The van der Waals surface area contributed by atoms with Gasteiger partial charge in [-0.15, -0.1) is 0 Å². The standard InChI is InChI=1S/C7H15N2O6P/c1-5(7(11)12)6(10)9(13)3-8-4-16(2,14)15/h5,8,13H,3-4H2,1-2H3,(H,11,12)(H,14,15)/t5-/m0/s1. The van der Waals surface area contributed by atoms with E-state index < -0.39 is 31.8 Å². The lowest BCUT2D eigenvalue weighted by Crippen LogP contribution is -2.41. The van der Waals surface area contributed by atoms with E-state index in [0.717, 1.165) is 13.6 Å². The Labute approximate surface area is 92.3 Å². The molecule has 16 heavy (non-hydrogen) atoms. The summed E-state index contributed by atoms with van der Waals surface area (Å²) in [4.78, 5) is 30.5. The highest BCUT2D eigenvalue weighted by molar-refractivity contribution is 7.57. The van der Waals surface area contributed by atoms with Gasteiger partial charge in [0.25, 0.3) is 5.91 Å². The van der Waals surface area contributed by atoms with E-state index in [1.165, 1.54) is 0 Å². The van der Waals surface area contributed by atoms with Crippen LogP contribution in [-0.2, 0) is 14.2 Å². The van der Waals surface area contributed by atoms with Crippen molar-refractivity contribution in [3.05, 3.63) is 0 Å². The molecule has 0 saturated carbocycles. The molecule has 0 aliphatic heterocycles. The molecule has 0 aromatic carbocycles. The van der Waals surface area contributed by atoms with E-state index in [2.05, 4.69) is 5.32 Å². The molecule has 0 fully saturated rings. The van der Waals surface area contributed by atoms with Gasteiger partial charge in [0.2, 0.25) is 7.37 Å². The van der Waals surface area contributed by atoms with E-state index in [1.807, 2.05) is 0 Å². The van der Waals surface area contributed by atoms with Crippen molar-refractivity contribution in [2.45, 2.75) is 6.92 Å². The van der Waals surface area contributed by atoms with Crippen molar-refractivity contribution >= 4 is 19.2 Å². The SMILES string of the molecule is C[C@H](C(=O)O)C(=O)N(O)CNCP(C)(=O)O. The Kier molecular flexibility index (Phi) is 5.60. The predicted molar refractivity (Wildman–Crippen MR) is 54.1 cm³/mol. The summed E-state index contributed by atoms with van der Waals surface area (Å²) >= 11 is 0. The van der Waals surface area contributed by atoms with Crippen LogP contribution in [0.5, 0.6) is 0 Å². The Morgan fingerprint density at radius 3 is 2.38 bits per heavy atom. The number of nitrogens with zero attached hydrogens (tertiary/aromatic N) is 1. The Hall–Kier alpha value is -0.950. The maximum Gasteiger partial charge on any atom is 0.315 e. The van der Waals surface area contributed by atoms with E-state index >= 15 is 0 Å². The molecule has 8 nitrogen and oxygen atoms in total. The summed E-state index contributed by atoms with van der Waals surface area (Å²) in [6, 6.07) is 0. The number of carbonyl (C=O) groups excluding carboxylic acids is 1. The molecule has 2 atom stereocenters. The molecule has 0 spiro atoms. The molecule has 0 aliphatic rings. The van der Waals surface area contributed by atoms with Gasteiger partial charge in [0.05, 0.1) is 13.0 Å². The minimum absolute atomic E-state index is 0.161. The van der Waals surface area contributed by atoms with Crippen LogP contribution in [0.2, 0.25) is 0 Å². The summed E-state index contributed by atoms with van der Waals surface area (Å²) < 4.78 is 10.8. The first kappa shape index (κ1) is 15.0. The highest BCUT2D eigenvalue weighted by atomic mass is 31.2. The van der Waals surface area contributed by atoms with Gasteiger partial charge in [0.1, 0.15) is 5.92 Å². The first-order valence-electron chi connectivity index (χ1n) is 4.38. The van der Waals surface area contributed by atoms with Crippen LogP contribution in [0.3, 0.4) is 0 Å². The van der Waals surface area contributed by atoms with Gasteiger partial charge in [-0.05, 0) is 6.92 Å². The van der Waals surface area contributed by atoms with Gasteiger partial charge in [-0.2, -0.15) is 0 Å². The molecular weight excluding hydrogens is 239 g/mol. The van der Waals surface area contributed by atoms with Crippen molar-refractivity contribution in [3.63, 3.8) is 0 Å². The maximum absolute atomic E-state index is 11.2. The molecule has 0 aromatic heterocycles. The minimum Gasteiger partial charge on any atom is -0.481 e. The van der Waals surface area contributed by atoms with Crippen molar-refractivity contribution in [1.29, 1.82) is 0 Å². The fourth-order valence-corrected chi connectivity index (χ4v) is 1.29. The lowest BCUT2D eigenvalue weighted by molar-refractivity contribution is -0.175. The van der Waals surface area contributed by atoms with Gasteiger partial charge in [-0.25, -0.2) is 5.06 Å². The van der Waals surface area contributed by atoms with Crippen LogP contribution in [0, 0.1) is 5.92 Å². The van der Waals surface area contributed by atoms with Crippen LogP contribution in [-0.4, -0.2) is 51.8 Å². The van der Waals surface area contributed by atoms with Crippen molar-refractivity contribution in [2.75, 3.05) is 19.6 Å². The van der Waals surface area contributed by atoms with Crippen LogP contribution in [0.15, 0.2) is 0 Å².